The van der Waals surface area contributed by atoms with Crippen LogP contribution in [0.25, 0.3) is 0 Å². The van der Waals surface area contributed by atoms with Crippen molar-refractivity contribution in [3.05, 3.63) is 12.1 Å². The molecule has 1 heterocycles. The van der Waals surface area contributed by atoms with Crippen molar-refractivity contribution >= 4 is 15.8 Å². The highest BCUT2D eigenvalue weighted by molar-refractivity contribution is 7.88. The van der Waals surface area contributed by atoms with Gasteiger partial charge in [-0.1, -0.05) is 0 Å². The highest BCUT2D eigenvalue weighted by Gasteiger charge is 2.49. The Morgan fingerprint density at radius 1 is 1.00 bits per heavy atom. The van der Waals surface area contributed by atoms with Crippen LogP contribution in [-0.4, -0.2) is 41.2 Å². The zero-order chi connectivity index (χ0) is 18.0. The van der Waals surface area contributed by atoms with Gasteiger partial charge in [-0.2, -0.15) is 21.6 Å². The molecule has 0 bridgehead atoms. The Labute approximate surface area is 138 Å². The number of halogens is 3. The molecule has 0 atom stereocenters. The van der Waals surface area contributed by atoms with E-state index in [4.69, 9.17) is 9.47 Å². The number of alkyl halides is 3. The fourth-order valence-electron chi connectivity index (χ4n) is 2.51. The Morgan fingerprint density at radius 2 is 1.62 bits per heavy atom. The molecule has 0 aliphatic carbocycles. The molecule has 0 amide bonds. The Hall–Kier alpha value is -1.84. The van der Waals surface area contributed by atoms with E-state index in [0.29, 0.717) is 18.8 Å². The number of ether oxygens (including phenoxy) is 2. The Kier molecular flexibility index (Phi) is 5.36. The number of methoxy groups -OCH3 is 2. The van der Waals surface area contributed by atoms with Crippen molar-refractivity contribution in [2.75, 3.05) is 32.2 Å². The van der Waals surface area contributed by atoms with E-state index in [1.165, 1.54) is 20.3 Å². The number of piperidine rings is 1. The minimum atomic E-state index is -5.84. The predicted molar refractivity (Wildman–Crippen MR) is 81.2 cm³/mol. The molecule has 24 heavy (non-hydrogen) atoms. The third kappa shape index (κ3) is 3.63. The molecule has 1 aromatic rings. The average Bonchev–Trinajstić information content (AvgIpc) is 2.53. The quantitative estimate of drug-likeness (QED) is 0.587. The third-order valence-corrected chi connectivity index (χ3v) is 4.61. The number of benzene rings is 1. The molecule has 0 N–H and O–H groups in total. The number of nitrogens with zero attached hydrogens (tertiary/aromatic N) is 1. The van der Waals surface area contributed by atoms with Crippen LogP contribution in [0.4, 0.5) is 18.9 Å². The lowest BCUT2D eigenvalue weighted by atomic mass is 10.1. The number of rotatable bonds is 5. The van der Waals surface area contributed by atoms with Crippen molar-refractivity contribution in [3.8, 4) is 17.2 Å². The molecule has 0 saturated carbocycles. The number of anilines is 1. The first kappa shape index (κ1) is 18.5. The maximum atomic E-state index is 12.6. The van der Waals surface area contributed by atoms with Gasteiger partial charge < -0.3 is 18.6 Å². The molecule has 136 valence electrons. The summed E-state index contributed by atoms with van der Waals surface area (Å²) in [5.74, 6) is -0.884. The molecule has 2 rings (SSSR count). The molecule has 0 radical (unpaired) electrons. The first-order valence-electron chi connectivity index (χ1n) is 7.22. The summed E-state index contributed by atoms with van der Waals surface area (Å²) in [5.41, 5.74) is -5.09. The lowest BCUT2D eigenvalue weighted by molar-refractivity contribution is -0.0501. The van der Waals surface area contributed by atoms with Crippen LogP contribution in [0, 0.1) is 0 Å². The van der Waals surface area contributed by atoms with Crippen molar-refractivity contribution in [3.63, 3.8) is 0 Å². The SMILES string of the molecule is COc1ccc(N2CCCCC2)c(OC)c1OS(=O)(=O)C(F)(F)F. The zero-order valence-corrected chi connectivity index (χ0v) is 14.0. The highest BCUT2D eigenvalue weighted by atomic mass is 32.2. The second-order valence-electron chi connectivity index (χ2n) is 5.18. The summed E-state index contributed by atoms with van der Waals surface area (Å²) in [6.45, 7) is 1.38. The van der Waals surface area contributed by atoms with E-state index in [2.05, 4.69) is 4.18 Å². The largest absolute Gasteiger partial charge is 0.534 e. The molecule has 1 aromatic carbocycles. The van der Waals surface area contributed by atoms with Crippen molar-refractivity contribution < 1.29 is 35.2 Å². The summed E-state index contributed by atoms with van der Waals surface area (Å²) in [4.78, 5) is 1.91. The van der Waals surface area contributed by atoms with Crippen LogP contribution in [0.5, 0.6) is 17.2 Å². The van der Waals surface area contributed by atoms with Gasteiger partial charge in [-0.05, 0) is 31.4 Å². The summed E-state index contributed by atoms with van der Waals surface area (Å²) in [6.07, 6.45) is 2.90. The van der Waals surface area contributed by atoms with Crippen LogP contribution >= 0.6 is 0 Å². The van der Waals surface area contributed by atoms with Crippen molar-refractivity contribution in [1.29, 1.82) is 0 Å². The molecular weight excluding hydrogens is 351 g/mol. The number of hydrogen-bond donors (Lipinski definition) is 0. The van der Waals surface area contributed by atoms with Gasteiger partial charge >= 0.3 is 15.6 Å². The summed E-state index contributed by atoms with van der Waals surface area (Å²) in [7, 11) is -3.41. The topological polar surface area (TPSA) is 65.1 Å². The minimum absolute atomic E-state index is 0.107. The first-order valence-corrected chi connectivity index (χ1v) is 8.62. The Bertz CT molecular complexity index is 684. The van der Waals surface area contributed by atoms with Gasteiger partial charge in [0.05, 0.1) is 19.9 Å². The van der Waals surface area contributed by atoms with E-state index in [0.717, 1.165) is 19.3 Å². The smallest absolute Gasteiger partial charge is 0.493 e. The van der Waals surface area contributed by atoms with Crippen LogP contribution in [0.1, 0.15) is 19.3 Å². The van der Waals surface area contributed by atoms with Crippen LogP contribution in [0.2, 0.25) is 0 Å². The average molecular weight is 369 g/mol. The molecule has 1 saturated heterocycles. The number of hydrogen-bond acceptors (Lipinski definition) is 6. The molecule has 1 aliphatic heterocycles. The highest BCUT2D eigenvalue weighted by Crippen LogP contribution is 2.46. The van der Waals surface area contributed by atoms with Gasteiger partial charge in [0, 0.05) is 13.1 Å². The summed E-state index contributed by atoms with van der Waals surface area (Å²) in [6, 6.07) is 2.96. The van der Waals surface area contributed by atoms with E-state index in [9.17, 15) is 21.6 Å². The second-order valence-corrected chi connectivity index (χ2v) is 6.72. The van der Waals surface area contributed by atoms with Gasteiger partial charge in [-0.15, -0.1) is 0 Å². The van der Waals surface area contributed by atoms with Gasteiger partial charge in [0.1, 0.15) is 0 Å². The van der Waals surface area contributed by atoms with Crippen molar-refractivity contribution in [2.24, 2.45) is 0 Å². The molecule has 0 aromatic heterocycles. The van der Waals surface area contributed by atoms with Crippen molar-refractivity contribution in [1.82, 2.24) is 0 Å². The van der Waals surface area contributed by atoms with E-state index in [-0.39, 0.29) is 11.5 Å². The molecule has 1 fully saturated rings. The van der Waals surface area contributed by atoms with Gasteiger partial charge in [0.2, 0.25) is 5.75 Å². The summed E-state index contributed by atoms with van der Waals surface area (Å²) < 4.78 is 75.1. The van der Waals surface area contributed by atoms with Crippen LogP contribution < -0.4 is 18.6 Å². The fraction of sp³-hybridized carbons (Fsp3) is 0.571. The Morgan fingerprint density at radius 3 is 2.12 bits per heavy atom. The van der Waals surface area contributed by atoms with E-state index >= 15 is 0 Å². The molecule has 1 aliphatic rings. The first-order chi connectivity index (χ1) is 11.2. The molecule has 0 unspecified atom stereocenters. The normalized spacial score (nSPS) is 16.0. The standard InChI is InChI=1S/C14H18F3NO5S/c1-21-11-7-6-10(18-8-4-3-5-9-18)12(22-2)13(11)23-24(19,20)14(15,16)17/h6-7H,3-5,8-9H2,1-2H3. The van der Waals surface area contributed by atoms with E-state index in [1.54, 1.807) is 6.07 Å². The predicted octanol–water partition coefficient (Wildman–Crippen LogP) is 2.92. The lowest BCUT2D eigenvalue weighted by Gasteiger charge is -2.30. The van der Waals surface area contributed by atoms with Gasteiger partial charge in [0.15, 0.2) is 11.5 Å². The lowest BCUT2D eigenvalue weighted by Crippen LogP contribution is -2.30. The van der Waals surface area contributed by atoms with Gasteiger partial charge in [0.25, 0.3) is 0 Å². The zero-order valence-electron chi connectivity index (χ0n) is 13.2. The second kappa shape index (κ2) is 6.96. The third-order valence-electron chi connectivity index (χ3n) is 3.65. The van der Waals surface area contributed by atoms with Crippen LogP contribution in [0.15, 0.2) is 12.1 Å². The summed E-state index contributed by atoms with van der Waals surface area (Å²) >= 11 is 0. The fourth-order valence-corrected chi connectivity index (χ4v) is 2.98. The molecular formula is C14H18F3NO5S. The molecule has 6 nitrogen and oxygen atoms in total. The minimum Gasteiger partial charge on any atom is -0.493 e. The van der Waals surface area contributed by atoms with E-state index < -0.39 is 21.4 Å². The van der Waals surface area contributed by atoms with E-state index in [1.807, 2.05) is 4.90 Å². The Balaban J connectivity index is 2.51. The van der Waals surface area contributed by atoms with Gasteiger partial charge in [-0.25, -0.2) is 0 Å². The molecule has 10 heteroatoms. The van der Waals surface area contributed by atoms with Crippen LogP contribution in [-0.2, 0) is 10.1 Å². The van der Waals surface area contributed by atoms with Gasteiger partial charge in [-0.3, -0.25) is 0 Å². The van der Waals surface area contributed by atoms with Crippen LogP contribution in [0.3, 0.4) is 0 Å². The molecule has 0 spiro atoms. The maximum Gasteiger partial charge on any atom is 0.534 e. The monoisotopic (exact) mass is 369 g/mol. The maximum absolute atomic E-state index is 12.6. The van der Waals surface area contributed by atoms with Crippen molar-refractivity contribution in [2.45, 2.75) is 24.8 Å². The summed E-state index contributed by atoms with van der Waals surface area (Å²) in [5, 5.41) is 0.